The Morgan fingerprint density at radius 1 is 1.33 bits per heavy atom. The lowest BCUT2D eigenvalue weighted by Crippen LogP contribution is -2.57. The zero-order chi connectivity index (χ0) is 12.1. The van der Waals surface area contributed by atoms with Crippen molar-refractivity contribution in [1.82, 2.24) is 10.6 Å². The summed E-state index contributed by atoms with van der Waals surface area (Å²) in [5, 5.41) is 14.9. The molecule has 0 aromatic carbocycles. The second kappa shape index (κ2) is 5.47. The molecule has 0 heterocycles. The molecule has 0 fully saturated rings. The Labute approximate surface area is 92.4 Å². The van der Waals surface area contributed by atoms with Gasteiger partial charge in [0.2, 0.25) is 5.91 Å². The number of likely N-dealkylation sites (N-methyl/N-ethyl adjacent to an activating group) is 1. The lowest BCUT2D eigenvalue weighted by Gasteiger charge is -2.33. The molecule has 0 spiro atoms. The lowest BCUT2D eigenvalue weighted by molar-refractivity contribution is -0.128. The van der Waals surface area contributed by atoms with Crippen LogP contribution in [-0.4, -0.2) is 35.7 Å². The van der Waals surface area contributed by atoms with Crippen LogP contribution in [-0.2, 0) is 4.79 Å². The second-order valence-electron chi connectivity index (χ2n) is 4.72. The highest BCUT2D eigenvalue weighted by Gasteiger charge is 2.31. The van der Waals surface area contributed by atoms with Gasteiger partial charge in [-0.05, 0) is 40.7 Å². The van der Waals surface area contributed by atoms with E-state index in [1.54, 1.807) is 7.05 Å². The standard InChI is InChI=1S/C11H24N2O2/c1-6-11(4,7-8-14)13-9(15)10(2,3)12-5/h12,14H,6-8H2,1-5H3,(H,13,15). The highest BCUT2D eigenvalue weighted by Crippen LogP contribution is 2.15. The van der Waals surface area contributed by atoms with Gasteiger partial charge >= 0.3 is 0 Å². The Morgan fingerprint density at radius 2 is 1.87 bits per heavy atom. The van der Waals surface area contributed by atoms with Crippen molar-refractivity contribution >= 4 is 5.91 Å². The number of amides is 1. The minimum Gasteiger partial charge on any atom is -0.396 e. The first-order valence-electron chi connectivity index (χ1n) is 5.43. The van der Waals surface area contributed by atoms with Crippen molar-refractivity contribution in [3.63, 3.8) is 0 Å². The van der Waals surface area contributed by atoms with Crippen LogP contribution in [0.15, 0.2) is 0 Å². The van der Waals surface area contributed by atoms with Gasteiger partial charge in [-0.15, -0.1) is 0 Å². The van der Waals surface area contributed by atoms with E-state index in [-0.39, 0.29) is 18.1 Å². The van der Waals surface area contributed by atoms with Gasteiger partial charge in [0.15, 0.2) is 0 Å². The molecule has 1 unspecified atom stereocenters. The summed E-state index contributed by atoms with van der Waals surface area (Å²) in [7, 11) is 1.76. The SMILES string of the molecule is CCC(C)(CCO)NC(=O)C(C)(C)NC. The largest absolute Gasteiger partial charge is 0.396 e. The molecule has 3 N–H and O–H groups in total. The molecule has 1 amide bonds. The molecule has 90 valence electrons. The molecule has 0 saturated heterocycles. The Balaban J connectivity index is 4.49. The number of nitrogens with one attached hydrogen (secondary N) is 2. The molecule has 0 aliphatic rings. The van der Waals surface area contributed by atoms with Crippen molar-refractivity contribution in [2.24, 2.45) is 0 Å². The highest BCUT2D eigenvalue weighted by atomic mass is 16.3. The fraction of sp³-hybridized carbons (Fsp3) is 0.909. The van der Waals surface area contributed by atoms with Crippen LogP contribution in [0.3, 0.4) is 0 Å². The predicted octanol–water partition coefficient (Wildman–Crippen LogP) is 0.652. The fourth-order valence-electron chi connectivity index (χ4n) is 1.12. The quantitative estimate of drug-likeness (QED) is 0.611. The first-order chi connectivity index (χ1) is 6.81. The van der Waals surface area contributed by atoms with Gasteiger partial charge in [-0.25, -0.2) is 0 Å². The molecular formula is C11H24N2O2. The minimum absolute atomic E-state index is 0.0391. The van der Waals surface area contributed by atoms with Gasteiger partial charge in [0.1, 0.15) is 0 Å². The van der Waals surface area contributed by atoms with Gasteiger partial charge in [-0.3, -0.25) is 4.79 Å². The molecule has 4 nitrogen and oxygen atoms in total. The first-order valence-corrected chi connectivity index (χ1v) is 5.43. The normalized spacial score (nSPS) is 15.9. The van der Waals surface area contributed by atoms with Crippen molar-refractivity contribution in [2.75, 3.05) is 13.7 Å². The van der Waals surface area contributed by atoms with Crippen molar-refractivity contribution < 1.29 is 9.90 Å². The zero-order valence-corrected chi connectivity index (χ0v) is 10.5. The third kappa shape index (κ3) is 4.18. The summed E-state index contributed by atoms with van der Waals surface area (Å²) < 4.78 is 0. The van der Waals surface area contributed by atoms with Crippen molar-refractivity contribution in [3.05, 3.63) is 0 Å². The van der Waals surface area contributed by atoms with E-state index in [1.165, 1.54) is 0 Å². The minimum atomic E-state index is -0.577. The third-order valence-corrected chi connectivity index (χ3v) is 3.05. The summed E-state index contributed by atoms with van der Waals surface area (Å²) in [6.07, 6.45) is 1.38. The molecule has 0 saturated carbocycles. The maximum Gasteiger partial charge on any atom is 0.240 e. The number of rotatable bonds is 6. The number of aliphatic hydroxyl groups is 1. The van der Waals surface area contributed by atoms with E-state index in [0.29, 0.717) is 6.42 Å². The van der Waals surface area contributed by atoms with E-state index >= 15 is 0 Å². The van der Waals surface area contributed by atoms with E-state index in [9.17, 15) is 4.79 Å². The molecule has 0 radical (unpaired) electrons. The fourth-order valence-corrected chi connectivity index (χ4v) is 1.12. The van der Waals surface area contributed by atoms with Crippen LogP contribution in [0.1, 0.15) is 40.5 Å². The number of aliphatic hydroxyl groups excluding tert-OH is 1. The summed E-state index contributed by atoms with van der Waals surface area (Å²) >= 11 is 0. The molecular weight excluding hydrogens is 192 g/mol. The van der Waals surface area contributed by atoms with Crippen LogP contribution >= 0.6 is 0 Å². The smallest absolute Gasteiger partial charge is 0.240 e. The van der Waals surface area contributed by atoms with E-state index < -0.39 is 5.54 Å². The molecule has 1 atom stereocenters. The average Bonchev–Trinajstić information content (AvgIpc) is 2.18. The Bertz CT molecular complexity index is 217. The molecule has 4 heteroatoms. The second-order valence-corrected chi connectivity index (χ2v) is 4.72. The van der Waals surface area contributed by atoms with Crippen LogP contribution in [0.4, 0.5) is 0 Å². The van der Waals surface area contributed by atoms with Crippen molar-refractivity contribution in [1.29, 1.82) is 0 Å². The zero-order valence-electron chi connectivity index (χ0n) is 10.5. The predicted molar refractivity (Wildman–Crippen MR) is 61.7 cm³/mol. The van der Waals surface area contributed by atoms with Crippen LogP contribution in [0.2, 0.25) is 0 Å². The van der Waals surface area contributed by atoms with Gasteiger partial charge < -0.3 is 15.7 Å². The van der Waals surface area contributed by atoms with Gasteiger partial charge in [0, 0.05) is 12.1 Å². The number of carbonyl (C=O) groups excluding carboxylic acids is 1. The maximum atomic E-state index is 11.9. The summed E-state index contributed by atoms with van der Waals surface area (Å²) in [4.78, 5) is 11.9. The van der Waals surface area contributed by atoms with Gasteiger partial charge in [-0.2, -0.15) is 0 Å². The number of hydrogen-bond acceptors (Lipinski definition) is 3. The highest BCUT2D eigenvalue weighted by molar-refractivity contribution is 5.85. The van der Waals surface area contributed by atoms with Gasteiger partial charge in [0.25, 0.3) is 0 Å². The summed E-state index contributed by atoms with van der Waals surface area (Å²) in [5.74, 6) is -0.0391. The lowest BCUT2D eigenvalue weighted by atomic mass is 9.93. The molecule has 0 aliphatic heterocycles. The number of hydrogen-bond donors (Lipinski definition) is 3. The van der Waals surface area contributed by atoms with Gasteiger partial charge in [0.05, 0.1) is 5.54 Å². The maximum absolute atomic E-state index is 11.9. The average molecular weight is 216 g/mol. The van der Waals surface area contributed by atoms with Crippen molar-refractivity contribution in [3.8, 4) is 0 Å². The third-order valence-electron chi connectivity index (χ3n) is 3.05. The molecule has 15 heavy (non-hydrogen) atoms. The monoisotopic (exact) mass is 216 g/mol. The molecule has 0 aromatic rings. The van der Waals surface area contributed by atoms with Crippen molar-refractivity contribution in [2.45, 2.75) is 51.6 Å². The van der Waals surface area contributed by atoms with Crippen LogP contribution in [0.25, 0.3) is 0 Å². The van der Waals surface area contributed by atoms with E-state index in [2.05, 4.69) is 10.6 Å². The van der Waals surface area contributed by atoms with E-state index in [4.69, 9.17) is 5.11 Å². The Hall–Kier alpha value is -0.610. The first kappa shape index (κ1) is 14.4. The van der Waals surface area contributed by atoms with E-state index in [0.717, 1.165) is 6.42 Å². The van der Waals surface area contributed by atoms with Crippen LogP contribution < -0.4 is 10.6 Å². The summed E-state index contributed by atoms with van der Waals surface area (Å²) in [5.41, 5.74) is -0.897. The molecule has 0 bridgehead atoms. The number of carbonyl (C=O) groups is 1. The van der Waals surface area contributed by atoms with E-state index in [1.807, 2.05) is 27.7 Å². The Kier molecular flexibility index (Phi) is 5.24. The van der Waals surface area contributed by atoms with Gasteiger partial charge in [-0.1, -0.05) is 6.92 Å². The topological polar surface area (TPSA) is 61.4 Å². The Morgan fingerprint density at radius 3 is 2.20 bits per heavy atom. The van der Waals surface area contributed by atoms with Crippen LogP contribution in [0, 0.1) is 0 Å². The molecule has 0 aromatic heterocycles. The molecule has 0 aliphatic carbocycles. The van der Waals surface area contributed by atoms with Crippen LogP contribution in [0.5, 0.6) is 0 Å². The summed E-state index contributed by atoms with van der Waals surface area (Å²) in [6, 6.07) is 0. The molecule has 0 rings (SSSR count). The summed E-state index contributed by atoms with van der Waals surface area (Å²) in [6.45, 7) is 7.70.